The molecule has 0 bridgehead atoms. The topological polar surface area (TPSA) is 94.5 Å². The van der Waals surface area contributed by atoms with Crippen LogP contribution in [0.1, 0.15) is 19.1 Å². The molecular formula is C21H17IN2O4. The van der Waals surface area contributed by atoms with Crippen molar-refractivity contribution in [1.82, 2.24) is 4.90 Å². The van der Waals surface area contributed by atoms with E-state index >= 15 is 0 Å². The summed E-state index contributed by atoms with van der Waals surface area (Å²) in [6.45, 7) is 1.47. The number of nitriles is 1. The summed E-state index contributed by atoms with van der Waals surface area (Å²) in [5, 5.41) is 18.4. The summed E-state index contributed by atoms with van der Waals surface area (Å²) in [7, 11) is 0. The van der Waals surface area contributed by atoms with Crippen molar-refractivity contribution in [2.45, 2.75) is 13.3 Å². The summed E-state index contributed by atoms with van der Waals surface area (Å²) in [4.78, 5) is 26.2. The fourth-order valence-electron chi connectivity index (χ4n) is 2.94. The molecule has 2 aromatic rings. The van der Waals surface area contributed by atoms with Gasteiger partial charge in [0.25, 0.3) is 11.8 Å². The van der Waals surface area contributed by atoms with Gasteiger partial charge in [-0.25, -0.2) is 0 Å². The average molecular weight is 488 g/mol. The minimum atomic E-state index is -0.630. The van der Waals surface area contributed by atoms with Crippen LogP contribution in [-0.4, -0.2) is 35.0 Å². The van der Waals surface area contributed by atoms with Crippen LogP contribution in [0.4, 0.5) is 0 Å². The molecular weight excluding hydrogens is 471 g/mol. The van der Waals surface area contributed by atoms with E-state index in [1.165, 1.54) is 0 Å². The molecule has 1 aliphatic heterocycles. The average Bonchev–Trinajstić information content (AvgIpc) is 3.14. The third-order valence-electron chi connectivity index (χ3n) is 4.42. The minimum Gasteiger partial charge on any atom is -0.457 e. The zero-order valence-electron chi connectivity index (χ0n) is 15.1. The number of hydrogen-bond donors (Lipinski definition) is 1. The van der Waals surface area contributed by atoms with Gasteiger partial charge in [-0.1, -0.05) is 18.2 Å². The Hall–Kier alpha value is -2.70. The Morgan fingerprint density at radius 1 is 1.21 bits per heavy atom. The molecule has 0 atom stereocenters. The number of furan rings is 1. The molecule has 0 spiro atoms. The standard InChI is InChI=1S/C21H17IN2O4/c1-13-16(20(26)24(9-4-10-25)21(27)17(13)12-23)11-14-7-8-19(28-14)15-5-2-3-6-18(15)22/h2-3,5-8,11,25H,4,9-10H2,1H3/b16-11-. The van der Waals surface area contributed by atoms with Crippen molar-refractivity contribution in [2.75, 3.05) is 13.2 Å². The molecule has 1 N–H and O–H groups in total. The van der Waals surface area contributed by atoms with Gasteiger partial charge in [-0.05, 0) is 65.8 Å². The van der Waals surface area contributed by atoms with E-state index in [2.05, 4.69) is 22.6 Å². The van der Waals surface area contributed by atoms with Gasteiger partial charge in [0.1, 0.15) is 23.2 Å². The lowest BCUT2D eigenvalue weighted by molar-refractivity contribution is -0.140. The van der Waals surface area contributed by atoms with E-state index < -0.39 is 11.8 Å². The third-order valence-corrected chi connectivity index (χ3v) is 5.36. The van der Waals surface area contributed by atoms with Gasteiger partial charge in [-0.15, -0.1) is 0 Å². The zero-order chi connectivity index (χ0) is 20.3. The number of aliphatic hydroxyl groups is 1. The van der Waals surface area contributed by atoms with Crippen LogP contribution in [-0.2, 0) is 9.59 Å². The highest BCUT2D eigenvalue weighted by Crippen LogP contribution is 2.30. The number of imide groups is 1. The van der Waals surface area contributed by atoms with Gasteiger partial charge in [-0.3, -0.25) is 14.5 Å². The summed E-state index contributed by atoms with van der Waals surface area (Å²) >= 11 is 2.22. The quantitative estimate of drug-likeness (QED) is 0.395. The molecule has 0 unspecified atom stereocenters. The smallest absolute Gasteiger partial charge is 0.271 e. The fourth-order valence-corrected chi connectivity index (χ4v) is 3.59. The van der Waals surface area contributed by atoms with E-state index in [1.54, 1.807) is 19.1 Å². The first-order valence-corrected chi connectivity index (χ1v) is 9.70. The van der Waals surface area contributed by atoms with Crippen molar-refractivity contribution in [3.05, 3.63) is 62.4 Å². The third kappa shape index (κ3) is 3.79. The molecule has 1 aliphatic rings. The fraction of sp³-hybridized carbons (Fsp3) is 0.190. The van der Waals surface area contributed by atoms with Crippen LogP contribution in [0, 0.1) is 14.9 Å². The molecule has 28 heavy (non-hydrogen) atoms. The van der Waals surface area contributed by atoms with Crippen LogP contribution < -0.4 is 0 Å². The van der Waals surface area contributed by atoms with Crippen molar-refractivity contribution in [2.24, 2.45) is 0 Å². The van der Waals surface area contributed by atoms with Crippen LogP contribution in [0.15, 0.2) is 57.5 Å². The van der Waals surface area contributed by atoms with Crippen LogP contribution in [0.2, 0.25) is 0 Å². The normalized spacial score (nSPS) is 16.1. The lowest BCUT2D eigenvalue weighted by atomic mass is 9.94. The molecule has 1 aromatic heterocycles. The molecule has 0 saturated heterocycles. The summed E-state index contributed by atoms with van der Waals surface area (Å²) < 4.78 is 6.91. The Morgan fingerprint density at radius 2 is 1.96 bits per heavy atom. The Morgan fingerprint density at radius 3 is 2.64 bits per heavy atom. The molecule has 7 heteroatoms. The second kappa shape index (κ2) is 8.54. The maximum atomic E-state index is 12.8. The van der Waals surface area contributed by atoms with Crippen molar-refractivity contribution < 1.29 is 19.1 Å². The molecule has 0 radical (unpaired) electrons. The number of carbonyl (C=O) groups excluding carboxylic acids is 2. The molecule has 0 aliphatic carbocycles. The second-order valence-electron chi connectivity index (χ2n) is 6.19. The molecule has 1 aromatic carbocycles. The van der Waals surface area contributed by atoms with Crippen LogP contribution >= 0.6 is 22.6 Å². The van der Waals surface area contributed by atoms with Crippen LogP contribution in [0.3, 0.4) is 0 Å². The summed E-state index contributed by atoms with van der Waals surface area (Å²) in [5.74, 6) is -0.0154. The number of carbonyl (C=O) groups is 2. The monoisotopic (exact) mass is 488 g/mol. The van der Waals surface area contributed by atoms with Crippen LogP contribution in [0.5, 0.6) is 0 Å². The first kappa shape index (κ1) is 20.0. The van der Waals surface area contributed by atoms with Crippen LogP contribution in [0.25, 0.3) is 17.4 Å². The molecule has 0 saturated carbocycles. The number of benzene rings is 1. The predicted octanol–water partition coefficient (Wildman–Crippen LogP) is 3.53. The van der Waals surface area contributed by atoms with Gasteiger partial charge in [-0.2, -0.15) is 5.26 Å². The van der Waals surface area contributed by atoms with Gasteiger partial charge in [0, 0.05) is 27.9 Å². The largest absolute Gasteiger partial charge is 0.457 e. The lowest BCUT2D eigenvalue weighted by Gasteiger charge is -2.27. The van der Waals surface area contributed by atoms with E-state index in [0.717, 1.165) is 14.0 Å². The van der Waals surface area contributed by atoms with E-state index in [-0.39, 0.29) is 30.7 Å². The maximum absolute atomic E-state index is 12.8. The number of amides is 2. The first-order chi connectivity index (χ1) is 13.5. The zero-order valence-corrected chi connectivity index (χ0v) is 17.3. The summed E-state index contributed by atoms with van der Waals surface area (Å²) in [6, 6.07) is 13.2. The number of halogens is 1. The Bertz CT molecular complexity index is 1040. The molecule has 3 rings (SSSR count). The Balaban J connectivity index is 2.02. The minimum absolute atomic E-state index is 0.0512. The van der Waals surface area contributed by atoms with Gasteiger partial charge >= 0.3 is 0 Å². The second-order valence-corrected chi connectivity index (χ2v) is 7.35. The van der Waals surface area contributed by atoms with E-state index in [0.29, 0.717) is 17.1 Å². The van der Waals surface area contributed by atoms with Crippen molar-refractivity contribution in [3.8, 4) is 17.4 Å². The highest BCUT2D eigenvalue weighted by molar-refractivity contribution is 14.1. The van der Waals surface area contributed by atoms with E-state index in [1.807, 2.05) is 36.4 Å². The van der Waals surface area contributed by atoms with Crippen molar-refractivity contribution >= 4 is 40.5 Å². The molecule has 6 nitrogen and oxygen atoms in total. The SMILES string of the molecule is CC1=C(C#N)C(=O)N(CCCO)C(=O)/C1=C\c1ccc(-c2ccccc2I)o1. The first-order valence-electron chi connectivity index (χ1n) is 8.62. The molecule has 2 amide bonds. The van der Waals surface area contributed by atoms with Gasteiger partial charge < -0.3 is 9.52 Å². The maximum Gasteiger partial charge on any atom is 0.271 e. The number of hydrogen-bond acceptors (Lipinski definition) is 5. The predicted molar refractivity (Wildman–Crippen MR) is 112 cm³/mol. The Labute approximate surface area is 175 Å². The number of aliphatic hydroxyl groups excluding tert-OH is 1. The molecule has 142 valence electrons. The number of rotatable bonds is 5. The van der Waals surface area contributed by atoms with Gasteiger partial charge in [0.2, 0.25) is 0 Å². The highest BCUT2D eigenvalue weighted by Gasteiger charge is 2.35. The summed E-state index contributed by atoms with van der Waals surface area (Å²) in [5.41, 5.74) is 1.42. The molecule has 2 heterocycles. The lowest BCUT2D eigenvalue weighted by Crippen LogP contribution is -2.43. The van der Waals surface area contributed by atoms with Crippen molar-refractivity contribution in [3.63, 3.8) is 0 Å². The van der Waals surface area contributed by atoms with Gasteiger partial charge in [0.05, 0.1) is 0 Å². The highest BCUT2D eigenvalue weighted by atomic mass is 127. The van der Waals surface area contributed by atoms with Gasteiger partial charge in [0.15, 0.2) is 0 Å². The number of nitrogens with zero attached hydrogens (tertiary/aromatic N) is 2. The van der Waals surface area contributed by atoms with E-state index in [9.17, 15) is 14.9 Å². The Kier molecular flexibility index (Phi) is 6.11. The summed E-state index contributed by atoms with van der Waals surface area (Å²) in [6.07, 6.45) is 1.80. The van der Waals surface area contributed by atoms with E-state index in [4.69, 9.17) is 9.52 Å². The molecule has 0 fully saturated rings. The van der Waals surface area contributed by atoms with Crippen molar-refractivity contribution in [1.29, 1.82) is 5.26 Å².